The normalized spacial score (nSPS) is 11.2. The van der Waals surface area contributed by atoms with Crippen LogP contribution in [0, 0.1) is 11.6 Å². The molecule has 0 aliphatic heterocycles. The van der Waals surface area contributed by atoms with Crippen molar-refractivity contribution < 1.29 is 8.78 Å². The van der Waals surface area contributed by atoms with Crippen molar-refractivity contribution in [1.29, 1.82) is 0 Å². The highest BCUT2D eigenvalue weighted by molar-refractivity contribution is 5.88. The van der Waals surface area contributed by atoms with Crippen LogP contribution >= 0.6 is 0 Å². The SMILES string of the molecule is CCCCCCCc1ccc(CCc2ccc3c(F)c(-c4cccc(F)c4)ccc3c2)cc1. The van der Waals surface area contributed by atoms with E-state index in [2.05, 4.69) is 37.3 Å². The summed E-state index contributed by atoms with van der Waals surface area (Å²) in [5.74, 6) is -0.655. The molecule has 0 aliphatic rings. The largest absolute Gasteiger partial charge is 0.207 e. The fourth-order valence-corrected chi connectivity index (χ4v) is 4.47. The molecular formula is C31H32F2. The van der Waals surface area contributed by atoms with E-state index < -0.39 is 0 Å². The molecule has 0 aromatic heterocycles. The molecule has 0 N–H and O–H groups in total. The molecule has 0 heterocycles. The summed E-state index contributed by atoms with van der Waals surface area (Å²) in [6.45, 7) is 2.25. The number of unbranched alkanes of at least 4 members (excludes halogenated alkanes) is 4. The predicted molar refractivity (Wildman–Crippen MR) is 136 cm³/mol. The highest BCUT2D eigenvalue weighted by Gasteiger charge is 2.10. The average molecular weight is 443 g/mol. The molecule has 2 heteroatoms. The van der Waals surface area contributed by atoms with E-state index in [4.69, 9.17) is 0 Å². The summed E-state index contributed by atoms with van der Waals surface area (Å²) in [7, 11) is 0. The van der Waals surface area contributed by atoms with E-state index in [0.29, 0.717) is 16.5 Å². The molecule has 0 unspecified atom stereocenters. The van der Waals surface area contributed by atoms with Gasteiger partial charge in [0.2, 0.25) is 0 Å². The number of hydrogen-bond acceptors (Lipinski definition) is 0. The summed E-state index contributed by atoms with van der Waals surface area (Å²) >= 11 is 0. The molecule has 0 aliphatic carbocycles. The van der Waals surface area contributed by atoms with E-state index in [9.17, 15) is 4.39 Å². The van der Waals surface area contributed by atoms with Gasteiger partial charge in [0.25, 0.3) is 0 Å². The van der Waals surface area contributed by atoms with Crippen molar-refractivity contribution in [2.75, 3.05) is 0 Å². The molecule has 0 saturated heterocycles. The maximum atomic E-state index is 15.1. The van der Waals surface area contributed by atoms with E-state index in [0.717, 1.165) is 24.6 Å². The number of halogens is 2. The number of benzene rings is 4. The van der Waals surface area contributed by atoms with Crippen LogP contribution in [0.15, 0.2) is 78.9 Å². The van der Waals surface area contributed by atoms with Crippen molar-refractivity contribution in [2.45, 2.75) is 58.3 Å². The Morgan fingerprint density at radius 2 is 1.30 bits per heavy atom. The third-order valence-electron chi connectivity index (χ3n) is 6.45. The molecule has 0 amide bonds. The lowest BCUT2D eigenvalue weighted by molar-refractivity contribution is 0.627. The van der Waals surface area contributed by atoms with Gasteiger partial charge in [0.1, 0.15) is 11.6 Å². The summed E-state index contributed by atoms with van der Waals surface area (Å²) in [5, 5.41) is 1.45. The highest BCUT2D eigenvalue weighted by Crippen LogP contribution is 2.30. The zero-order valence-corrected chi connectivity index (χ0v) is 19.4. The molecule has 170 valence electrons. The van der Waals surface area contributed by atoms with Gasteiger partial charge in [-0.3, -0.25) is 0 Å². The fourth-order valence-electron chi connectivity index (χ4n) is 4.47. The predicted octanol–water partition coefficient (Wildman–Crippen LogP) is 9.08. The molecular weight excluding hydrogens is 410 g/mol. The quantitative estimate of drug-likeness (QED) is 0.215. The Bertz CT molecular complexity index is 1190. The second-order valence-electron chi connectivity index (χ2n) is 8.97. The standard InChI is InChI=1S/C31H32F2/c1-2-3-4-5-6-8-23-11-13-24(14-12-23)15-16-25-17-19-29-27(21-25)18-20-30(31(29)33)26-9-7-10-28(32)22-26/h7,9-14,17-22H,2-6,8,15-16H2,1H3. The first-order valence-electron chi connectivity index (χ1n) is 12.2. The first kappa shape index (κ1) is 23.2. The molecule has 0 bridgehead atoms. The van der Waals surface area contributed by atoms with Crippen LogP contribution in [0.5, 0.6) is 0 Å². The average Bonchev–Trinajstić information content (AvgIpc) is 2.83. The topological polar surface area (TPSA) is 0 Å². The smallest absolute Gasteiger partial charge is 0.138 e. The summed E-state index contributed by atoms with van der Waals surface area (Å²) in [5.41, 5.74) is 4.94. The van der Waals surface area contributed by atoms with E-state index in [1.54, 1.807) is 18.2 Å². The zero-order valence-electron chi connectivity index (χ0n) is 19.4. The lowest BCUT2D eigenvalue weighted by atomic mass is 9.96. The van der Waals surface area contributed by atoms with Gasteiger partial charge >= 0.3 is 0 Å². The molecule has 0 spiro atoms. The van der Waals surface area contributed by atoms with Crippen molar-refractivity contribution in [2.24, 2.45) is 0 Å². The minimum Gasteiger partial charge on any atom is -0.207 e. The first-order valence-corrected chi connectivity index (χ1v) is 12.2. The van der Waals surface area contributed by atoms with Gasteiger partial charge in [-0.1, -0.05) is 99.3 Å². The summed E-state index contributed by atoms with van der Waals surface area (Å²) in [6, 6.07) is 24.7. The second kappa shape index (κ2) is 11.2. The first-order chi connectivity index (χ1) is 16.1. The van der Waals surface area contributed by atoms with Crippen LogP contribution in [0.1, 0.15) is 55.7 Å². The van der Waals surface area contributed by atoms with Crippen molar-refractivity contribution in [3.05, 3.63) is 107 Å². The lowest BCUT2D eigenvalue weighted by Crippen LogP contribution is -1.94. The van der Waals surface area contributed by atoms with Gasteiger partial charge < -0.3 is 0 Å². The van der Waals surface area contributed by atoms with Crippen molar-refractivity contribution in [3.63, 3.8) is 0 Å². The van der Waals surface area contributed by atoms with Crippen LogP contribution in [0.2, 0.25) is 0 Å². The van der Waals surface area contributed by atoms with E-state index in [1.165, 1.54) is 60.9 Å². The van der Waals surface area contributed by atoms with Gasteiger partial charge in [-0.15, -0.1) is 0 Å². The molecule has 4 aromatic rings. The molecule has 0 nitrogen and oxygen atoms in total. The van der Waals surface area contributed by atoms with Crippen molar-refractivity contribution in [3.8, 4) is 11.1 Å². The van der Waals surface area contributed by atoms with Crippen LogP contribution in [0.25, 0.3) is 21.9 Å². The molecule has 0 radical (unpaired) electrons. The molecule has 4 rings (SSSR count). The van der Waals surface area contributed by atoms with E-state index in [1.807, 2.05) is 18.2 Å². The van der Waals surface area contributed by atoms with Gasteiger partial charge in [0.05, 0.1) is 0 Å². The Hall–Kier alpha value is -3.00. The minimum atomic E-state index is -0.359. The maximum Gasteiger partial charge on any atom is 0.138 e. The molecule has 0 atom stereocenters. The Morgan fingerprint density at radius 3 is 2.06 bits per heavy atom. The molecule has 0 fully saturated rings. The second-order valence-corrected chi connectivity index (χ2v) is 8.97. The van der Waals surface area contributed by atoms with Gasteiger partial charge in [-0.25, -0.2) is 8.78 Å². The van der Waals surface area contributed by atoms with Gasteiger partial charge in [0, 0.05) is 10.9 Å². The van der Waals surface area contributed by atoms with Gasteiger partial charge in [-0.2, -0.15) is 0 Å². The van der Waals surface area contributed by atoms with Crippen LogP contribution in [-0.4, -0.2) is 0 Å². The minimum absolute atomic E-state index is 0.296. The Labute approximate surface area is 196 Å². The van der Waals surface area contributed by atoms with Gasteiger partial charge in [-0.05, 0) is 65.5 Å². The van der Waals surface area contributed by atoms with Crippen LogP contribution < -0.4 is 0 Å². The third-order valence-corrected chi connectivity index (χ3v) is 6.45. The van der Waals surface area contributed by atoms with E-state index >= 15 is 4.39 Å². The Balaban J connectivity index is 1.39. The van der Waals surface area contributed by atoms with Gasteiger partial charge in [0.15, 0.2) is 0 Å². The fraction of sp³-hybridized carbons (Fsp3) is 0.290. The van der Waals surface area contributed by atoms with Crippen molar-refractivity contribution in [1.82, 2.24) is 0 Å². The van der Waals surface area contributed by atoms with Crippen molar-refractivity contribution >= 4 is 10.8 Å². The zero-order chi connectivity index (χ0) is 23.0. The lowest BCUT2D eigenvalue weighted by Gasteiger charge is -2.09. The summed E-state index contributed by atoms with van der Waals surface area (Å²) in [4.78, 5) is 0. The van der Waals surface area contributed by atoms with Crippen LogP contribution in [-0.2, 0) is 19.3 Å². The molecule has 4 aromatic carbocycles. The number of rotatable bonds is 10. The van der Waals surface area contributed by atoms with E-state index in [-0.39, 0.29) is 11.6 Å². The summed E-state index contributed by atoms with van der Waals surface area (Å²) in [6.07, 6.45) is 9.61. The molecule has 0 saturated carbocycles. The highest BCUT2D eigenvalue weighted by atomic mass is 19.1. The number of hydrogen-bond donors (Lipinski definition) is 0. The Morgan fingerprint density at radius 1 is 0.606 bits per heavy atom. The van der Waals surface area contributed by atoms with Crippen LogP contribution in [0.3, 0.4) is 0 Å². The summed E-state index contributed by atoms with van der Waals surface area (Å²) < 4.78 is 28.7. The third kappa shape index (κ3) is 6.07. The number of aryl methyl sites for hydroxylation is 3. The maximum absolute atomic E-state index is 15.1. The Kier molecular flexibility index (Phi) is 7.88. The molecule has 33 heavy (non-hydrogen) atoms. The van der Waals surface area contributed by atoms with Crippen LogP contribution in [0.4, 0.5) is 8.78 Å². The monoisotopic (exact) mass is 442 g/mol. The number of fused-ring (bicyclic) bond motifs is 1.